The number of nitrogens with zero attached hydrogens (tertiary/aromatic N) is 3. The summed E-state index contributed by atoms with van der Waals surface area (Å²) in [7, 11) is 0. The Bertz CT molecular complexity index is 3790. The number of benzene rings is 9. The van der Waals surface area contributed by atoms with E-state index < -0.39 is 13.7 Å². The SMILES string of the molecule is Cc1cc(-c2ccccc2)c(-n2c(-c3[c-]sc4ccc(-c5ccc6ccc7ccccc7c6c5)cc34)nc3ccccc32)c(-c2ccccc2)c1.[2H]C([2H])([2H])c1c[c-]c(-c2ccc(C([2H])([2H])[2H])cn2)cc1.[Ir]. The van der Waals surface area contributed by atoms with E-state index in [1.54, 1.807) is 23.5 Å². The van der Waals surface area contributed by atoms with Gasteiger partial charge in [-0.25, -0.2) is 0 Å². The fourth-order valence-electron chi connectivity index (χ4n) is 8.76. The van der Waals surface area contributed by atoms with Crippen molar-refractivity contribution in [1.29, 1.82) is 0 Å². The maximum Gasteiger partial charge on any atom is 0.0774 e. The fourth-order valence-corrected chi connectivity index (χ4v) is 9.58. The van der Waals surface area contributed by atoms with Crippen LogP contribution in [0.5, 0.6) is 0 Å². The molecule has 0 amide bonds. The number of para-hydroxylation sites is 2. The van der Waals surface area contributed by atoms with Crippen molar-refractivity contribution >= 4 is 54.0 Å². The van der Waals surface area contributed by atoms with Crippen LogP contribution in [0.2, 0.25) is 0 Å². The van der Waals surface area contributed by atoms with Gasteiger partial charge in [0, 0.05) is 45.7 Å². The molecule has 66 heavy (non-hydrogen) atoms. The van der Waals surface area contributed by atoms with E-state index in [4.69, 9.17) is 13.2 Å². The Hall–Kier alpha value is -7.27. The van der Waals surface area contributed by atoms with Gasteiger partial charge < -0.3 is 9.55 Å². The third-order valence-electron chi connectivity index (χ3n) is 11.9. The number of pyridine rings is 1. The number of thiophene rings is 1. The van der Waals surface area contributed by atoms with Gasteiger partial charge in [0.05, 0.1) is 22.5 Å². The van der Waals surface area contributed by atoms with Crippen LogP contribution in [-0.2, 0) is 20.1 Å². The minimum absolute atomic E-state index is 0. The zero-order chi connectivity index (χ0) is 48.9. The van der Waals surface area contributed by atoms with Gasteiger partial charge in [0.2, 0.25) is 0 Å². The second-order valence-electron chi connectivity index (χ2n) is 16.1. The van der Waals surface area contributed by atoms with Gasteiger partial charge in [-0.15, -0.1) is 40.8 Å². The summed E-state index contributed by atoms with van der Waals surface area (Å²) in [6, 6.07) is 71.7. The third-order valence-corrected chi connectivity index (χ3v) is 12.8. The summed E-state index contributed by atoms with van der Waals surface area (Å²) in [5, 5.41) is 9.93. The predicted octanol–water partition coefficient (Wildman–Crippen LogP) is 16.5. The van der Waals surface area contributed by atoms with Gasteiger partial charge in [0.1, 0.15) is 0 Å². The van der Waals surface area contributed by atoms with Crippen LogP contribution in [0.1, 0.15) is 24.9 Å². The molecule has 3 nitrogen and oxygen atoms in total. The van der Waals surface area contributed by atoms with Crippen LogP contribution in [0, 0.1) is 32.1 Å². The van der Waals surface area contributed by atoms with E-state index >= 15 is 0 Å². The summed E-state index contributed by atoms with van der Waals surface area (Å²) >= 11 is 1.66. The van der Waals surface area contributed by atoms with Crippen LogP contribution in [-0.4, -0.2) is 14.5 Å². The Balaban J connectivity index is 0.000000240. The first-order valence-electron chi connectivity index (χ1n) is 24.5. The van der Waals surface area contributed by atoms with Crippen molar-refractivity contribution < 1.29 is 28.3 Å². The van der Waals surface area contributed by atoms with Crippen molar-refractivity contribution in [3.8, 4) is 61.7 Å². The minimum atomic E-state index is -2.18. The summed E-state index contributed by atoms with van der Waals surface area (Å²) < 4.78 is 47.2. The molecule has 12 rings (SSSR count). The maximum atomic E-state index is 7.28. The van der Waals surface area contributed by atoms with E-state index in [0.717, 1.165) is 33.5 Å². The number of hydrogen-bond acceptors (Lipinski definition) is 3. The van der Waals surface area contributed by atoms with Gasteiger partial charge in [-0.3, -0.25) is 16.3 Å². The molecule has 0 aliphatic rings. The normalized spacial score (nSPS) is 12.9. The molecule has 0 N–H and O–H groups in total. The molecular formula is C61H43IrN3S-2. The topological polar surface area (TPSA) is 30.7 Å². The van der Waals surface area contributed by atoms with Gasteiger partial charge in [0.15, 0.2) is 0 Å². The van der Waals surface area contributed by atoms with Crippen molar-refractivity contribution in [2.24, 2.45) is 0 Å². The van der Waals surface area contributed by atoms with Crippen molar-refractivity contribution in [2.75, 3.05) is 0 Å². The van der Waals surface area contributed by atoms with Gasteiger partial charge >= 0.3 is 0 Å². The molecule has 3 heterocycles. The van der Waals surface area contributed by atoms with Crippen molar-refractivity contribution in [3.63, 3.8) is 0 Å². The average Bonchev–Trinajstić information content (AvgIpc) is 4.00. The molecule has 0 saturated heterocycles. The molecule has 1 radical (unpaired) electrons. The predicted molar refractivity (Wildman–Crippen MR) is 275 cm³/mol. The van der Waals surface area contributed by atoms with E-state index in [2.05, 4.69) is 198 Å². The van der Waals surface area contributed by atoms with Crippen LogP contribution in [0.4, 0.5) is 0 Å². The molecule has 0 atom stereocenters. The smallest absolute Gasteiger partial charge is 0.0774 e. The number of rotatable bonds is 6. The van der Waals surface area contributed by atoms with Gasteiger partial charge in [-0.1, -0.05) is 174 Å². The van der Waals surface area contributed by atoms with E-state index in [1.165, 1.54) is 89.6 Å². The number of fused-ring (bicyclic) bond motifs is 5. The maximum absolute atomic E-state index is 7.28. The Labute approximate surface area is 411 Å². The minimum Gasteiger partial charge on any atom is -0.332 e. The third kappa shape index (κ3) is 8.18. The monoisotopic (exact) mass is 1050 g/mol. The molecule has 5 heteroatoms. The van der Waals surface area contributed by atoms with E-state index in [1.807, 2.05) is 0 Å². The van der Waals surface area contributed by atoms with E-state index in [-0.39, 0.29) is 31.2 Å². The molecule has 9 aromatic carbocycles. The Morgan fingerprint density at radius 3 is 1.88 bits per heavy atom. The van der Waals surface area contributed by atoms with Crippen molar-refractivity contribution in [3.05, 3.63) is 235 Å². The first-order chi connectivity index (χ1) is 34.4. The summed E-state index contributed by atoms with van der Waals surface area (Å²) in [6.45, 7) is -2.15. The number of imidazole rings is 1. The summed E-state index contributed by atoms with van der Waals surface area (Å²) in [5.74, 6) is 0.891. The Kier molecular flexibility index (Phi) is 9.99. The number of hydrogen-bond donors (Lipinski definition) is 0. The second-order valence-corrected chi connectivity index (χ2v) is 17.0. The zero-order valence-electron chi connectivity index (χ0n) is 41.7. The zero-order valence-corrected chi connectivity index (χ0v) is 38.9. The summed E-state index contributed by atoms with van der Waals surface area (Å²) in [4.78, 5) is 9.46. The summed E-state index contributed by atoms with van der Waals surface area (Å²) in [6.07, 6.45) is 1.30. The van der Waals surface area contributed by atoms with Crippen LogP contribution in [0.15, 0.2) is 206 Å². The first kappa shape index (κ1) is 36.0. The molecule has 3 aromatic heterocycles. The van der Waals surface area contributed by atoms with Crippen LogP contribution >= 0.6 is 11.3 Å². The average molecular weight is 1050 g/mol. The van der Waals surface area contributed by atoms with Crippen LogP contribution in [0.3, 0.4) is 0 Å². The second kappa shape index (κ2) is 18.3. The standard InChI is InChI=1S/C48H31N2S.C13H12N.Ir/c1-31-26-40(32-12-4-2-5-13-32)47(41(27-31)33-14-6-3-7-15-33)50-45-19-11-10-18-44(45)49-48(50)43-30-51-46-25-24-37(29-42(43)46)36-23-22-35-21-20-34-16-8-9-17-38(34)39(35)28-36;1-10-3-6-12(7-4-10)13-8-5-11(2)9-14-13;/h2-29H,1H3;3-6,8-9H,1-2H3;/q2*-1;/i;1D3,2D3;. The Morgan fingerprint density at radius 2 is 1.18 bits per heavy atom. The molecule has 0 aliphatic carbocycles. The first-order valence-corrected chi connectivity index (χ1v) is 22.3. The largest absolute Gasteiger partial charge is 0.332 e. The number of aryl methyl sites for hydroxylation is 3. The van der Waals surface area contributed by atoms with Gasteiger partial charge in [-0.05, 0) is 105 Å². The molecule has 12 aromatic rings. The quantitative estimate of drug-likeness (QED) is 0.123. The molecule has 0 bridgehead atoms. The molecule has 0 fully saturated rings. The molecule has 0 saturated carbocycles. The van der Waals surface area contributed by atoms with Crippen LogP contribution in [0.25, 0.3) is 104 Å². The van der Waals surface area contributed by atoms with Gasteiger partial charge in [0.25, 0.3) is 0 Å². The molecule has 0 aliphatic heterocycles. The van der Waals surface area contributed by atoms with Crippen molar-refractivity contribution in [2.45, 2.75) is 20.6 Å². The number of aromatic nitrogens is 3. The molecule has 0 spiro atoms. The molecule has 319 valence electrons. The Morgan fingerprint density at radius 1 is 0.545 bits per heavy atom. The molecule has 0 unspecified atom stereocenters. The van der Waals surface area contributed by atoms with Crippen LogP contribution < -0.4 is 0 Å². The van der Waals surface area contributed by atoms with E-state index in [9.17, 15) is 0 Å². The van der Waals surface area contributed by atoms with Gasteiger partial charge in [-0.2, -0.15) is 0 Å². The fraction of sp³-hybridized carbons (Fsp3) is 0.0492. The summed E-state index contributed by atoms with van der Waals surface area (Å²) in [5.41, 5.74) is 14.0. The van der Waals surface area contributed by atoms with Crippen molar-refractivity contribution in [1.82, 2.24) is 14.5 Å². The van der Waals surface area contributed by atoms with E-state index in [0.29, 0.717) is 11.3 Å². The molecular weight excluding hydrogens is 999 g/mol.